The maximum Gasteiger partial charge on any atom is 0.147 e. The van der Waals surface area contributed by atoms with Crippen molar-refractivity contribution in [2.75, 3.05) is 39.3 Å². The van der Waals surface area contributed by atoms with E-state index >= 15 is 0 Å². The van der Waals surface area contributed by atoms with Gasteiger partial charge in [0.05, 0.1) is 20.3 Å². The highest BCUT2D eigenvalue weighted by Crippen LogP contribution is 2.40. The number of rotatable bonds is 3. The van der Waals surface area contributed by atoms with Crippen LogP contribution in [-0.2, 0) is 4.74 Å². The molecular weight excluding hydrogens is 218 g/mol. The number of fused-ring (bicyclic) bond motifs is 1. The summed E-state index contributed by atoms with van der Waals surface area (Å²) in [6.07, 6.45) is 0.0783. The van der Waals surface area contributed by atoms with Gasteiger partial charge in [-0.3, -0.25) is 0 Å². The van der Waals surface area contributed by atoms with Crippen LogP contribution in [0.1, 0.15) is 7.43 Å². The summed E-state index contributed by atoms with van der Waals surface area (Å²) in [4.78, 5) is 2.14. The molecule has 1 aromatic carbocycles. The Morgan fingerprint density at radius 3 is 2.82 bits per heavy atom. The fraction of sp³-hybridized carbons (Fsp3) is 0.538. The van der Waals surface area contributed by atoms with Crippen LogP contribution in [-0.4, -0.2) is 40.5 Å². The highest BCUT2D eigenvalue weighted by Gasteiger charge is 2.25. The van der Waals surface area contributed by atoms with Crippen LogP contribution in [0.2, 0.25) is 0 Å². The Bertz CT molecular complexity index is 368. The van der Waals surface area contributed by atoms with Crippen molar-refractivity contribution in [3.05, 3.63) is 18.2 Å². The van der Waals surface area contributed by atoms with Crippen molar-refractivity contribution in [1.29, 1.82) is 0 Å². The first kappa shape index (κ1) is 13.6. The first-order valence-corrected chi connectivity index (χ1v) is 5.30. The molecule has 0 saturated carbocycles. The predicted molar refractivity (Wildman–Crippen MR) is 69.3 cm³/mol. The average molecular weight is 239 g/mol. The van der Waals surface area contributed by atoms with Gasteiger partial charge < -0.3 is 19.1 Å². The third-order valence-corrected chi connectivity index (χ3v) is 2.69. The molecule has 0 saturated heterocycles. The molecule has 4 nitrogen and oxygen atoms in total. The standard InChI is InChI=1S/C12H17NO3.CH4/c1-13-7-9(8-14-2)16-11-6-4-5-10(15-3)12(11)13;/h4-6,9H,7-8H2,1-3H3;1H4/t9-;/m1./s1. The van der Waals surface area contributed by atoms with Crippen LogP contribution >= 0.6 is 0 Å². The second-order valence-corrected chi connectivity index (χ2v) is 3.88. The van der Waals surface area contributed by atoms with E-state index in [2.05, 4.69) is 4.90 Å². The lowest BCUT2D eigenvalue weighted by Crippen LogP contribution is -2.40. The molecule has 0 radical (unpaired) electrons. The number of para-hydroxylation sites is 1. The molecule has 0 aromatic heterocycles. The summed E-state index contributed by atoms with van der Waals surface area (Å²) >= 11 is 0. The van der Waals surface area contributed by atoms with E-state index in [0.717, 1.165) is 23.7 Å². The van der Waals surface area contributed by atoms with Gasteiger partial charge in [0.2, 0.25) is 0 Å². The Hall–Kier alpha value is -1.42. The van der Waals surface area contributed by atoms with Gasteiger partial charge in [0.25, 0.3) is 0 Å². The Balaban J connectivity index is 0.00000144. The lowest BCUT2D eigenvalue weighted by Gasteiger charge is -2.34. The molecule has 1 aromatic rings. The van der Waals surface area contributed by atoms with Crippen molar-refractivity contribution in [2.45, 2.75) is 13.5 Å². The largest absolute Gasteiger partial charge is 0.494 e. The zero-order valence-corrected chi connectivity index (χ0v) is 9.90. The Morgan fingerprint density at radius 1 is 1.41 bits per heavy atom. The number of nitrogens with zero attached hydrogens (tertiary/aromatic N) is 1. The highest BCUT2D eigenvalue weighted by molar-refractivity contribution is 5.68. The van der Waals surface area contributed by atoms with E-state index < -0.39 is 0 Å². The smallest absolute Gasteiger partial charge is 0.147 e. The second-order valence-electron chi connectivity index (χ2n) is 3.88. The zero-order valence-electron chi connectivity index (χ0n) is 9.90. The molecule has 0 aliphatic carbocycles. The maximum atomic E-state index is 5.84. The molecule has 0 spiro atoms. The fourth-order valence-corrected chi connectivity index (χ4v) is 2.02. The third-order valence-electron chi connectivity index (χ3n) is 2.69. The molecule has 1 aliphatic rings. The van der Waals surface area contributed by atoms with E-state index in [-0.39, 0.29) is 13.5 Å². The van der Waals surface area contributed by atoms with Crippen LogP contribution in [0.25, 0.3) is 0 Å². The molecule has 0 fully saturated rings. The third kappa shape index (κ3) is 2.64. The van der Waals surface area contributed by atoms with E-state index in [9.17, 15) is 0 Å². The van der Waals surface area contributed by atoms with Gasteiger partial charge in [0.1, 0.15) is 23.3 Å². The van der Waals surface area contributed by atoms with Crippen molar-refractivity contribution in [2.24, 2.45) is 0 Å². The predicted octanol–water partition coefficient (Wildman–Crippen LogP) is 2.17. The van der Waals surface area contributed by atoms with Gasteiger partial charge in [-0.25, -0.2) is 0 Å². The van der Waals surface area contributed by atoms with E-state index in [4.69, 9.17) is 14.2 Å². The number of hydrogen-bond acceptors (Lipinski definition) is 4. The minimum absolute atomic E-state index is 0. The van der Waals surface area contributed by atoms with Gasteiger partial charge in [-0.05, 0) is 12.1 Å². The summed E-state index contributed by atoms with van der Waals surface area (Å²) in [5.74, 6) is 1.70. The van der Waals surface area contributed by atoms with E-state index in [1.54, 1.807) is 14.2 Å². The van der Waals surface area contributed by atoms with E-state index in [1.807, 2.05) is 25.2 Å². The van der Waals surface area contributed by atoms with Crippen LogP contribution in [0.4, 0.5) is 5.69 Å². The Kier molecular flexibility index (Phi) is 4.63. The molecule has 1 aliphatic heterocycles. The normalized spacial score (nSPS) is 17.8. The molecule has 1 atom stereocenters. The summed E-state index contributed by atoms with van der Waals surface area (Å²) in [7, 11) is 5.39. The van der Waals surface area contributed by atoms with Crippen molar-refractivity contribution in [1.82, 2.24) is 0 Å². The molecule has 1 heterocycles. The summed E-state index contributed by atoms with van der Waals surface area (Å²) < 4.78 is 16.3. The monoisotopic (exact) mass is 239 g/mol. The minimum atomic E-state index is 0. The van der Waals surface area contributed by atoms with Gasteiger partial charge in [0.15, 0.2) is 0 Å². The summed E-state index contributed by atoms with van der Waals surface area (Å²) in [5.41, 5.74) is 1.01. The quantitative estimate of drug-likeness (QED) is 0.809. The molecule has 4 heteroatoms. The second kappa shape index (κ2) is 5.77. The first-order valence-electron chi connectivity index (χ1n) is 5.30. The number of methoxy groups -OCH3 is 2. The average Bonchev–Trinajstić information content (AvgIpc) is 2.28. The lowest BCUT2D eigenvalue weighted by atomic mass is 10.2. The Labute approximate surface area is 103 Å². The number of ether oxygens (including phenoxy) is 3. The minimum Gasteiger partial charge on any atom is -0.494 e. The first-order chi connectivity index (χ1) is 7.76. The van der Waals surface area contributed by atoms with Crippen molar-refractivity contribution < 1.29 is 14.2 Å². The number of likely N-dealkylation sites (N-methyl/N-ethyl adjacent to an activating group) is 1. The lowest BCUT2D eigenvalue weighted by molar-refractivity contribution is 0.0798. The van der Waals surface area contributed by atoms with Crippen LogP contribution < -0.4 is 14.4 Å². The van der Waals surface area contributed by atoms with Gasteiger partial charge in [-0.2, -0.15) is 0 Å². The number of anilines is 1. The Morgan fingerprint density at radius 2 is 2.18 bits per heavy atom. The summed E-state index contributed by atoms with van der Waals surface area (Å²) in [5, 5.41) is 0. The topological polar surface area (TPSA) is 30.9 Å². The molecular formula is C13H21NO3. The molecule has 0 N–H and O–H groups in total. The van der Waals surface area contributed by atoms with E-state index in [0.29, 0.717) is 6.61 Å². The number of benzene rings is 1. The van der Waals surface area contributed by atoms with E-state index in [1.165, 1.54) is 0 Å². The van der Waals surface area contributed by atoms with Crippen molar-refractivity contribution in [3.8, 4) is 11.5 Å². The van der Waals surface area contributed by atoms with Crippen LogP contribution in [0.5, 0.6) is 11.5 Å². The van der Waals surface area contributed by atoms with Gasteiger partial charge in [-0.1, -0.05) is 13.5 Å². The number of hydrogen-bond donors (Lipinski definition) is 0. The summed E-state index contributed by atoms with van der Waals surface area (Å²) in [6.45, 7) is 1.40. The van der Waals surface area contributed by atoms with Crippen molar-refractivity contribution >= 4 is 5.69 Å². The van der Waals surface area contributed by atoms with Gasteiger partial charge in [0, 0.05) is 14.2 Å². The molecule has 17 heavy (non-hydrogen) atoms. The zero-order chi connectivity index (χ0) is 11.5. The fourth-order valence-electron chi connectivity index (χ4n) is 2.02. The van der Waals surface area contributed by atoms with Crippen LogP contribution in [0.3, 0.4) is 0 Å². The molecule has 0 bridgehead atoms. The van der Waals surface area contributed by atoms with Crippen molar-refractivity contribution in [3.63, 3.8) is 0 Å². The van der Waals surface area contributed by atoms with Gasteiger partial charge >= 0.3 is 0 Å². The molecule has 2 rings (SSSR count). The molecule has 96 valence electrons. The van der Waals surface area contributed by atoms with Crippen LogP contribution in [0.15, 0.2) is 18.2 Å². The van der Waals surface area contributed by atoms with Crippen LogP contribution in [0, 0.1) is 0 Å². The van der Waals surface area contributed by atoms with Gasteiger partial charge in [-0.15, -0.1) is 0 Å². The highest BCUT2D eigenvalue weighted by atomic mass is 16.5. The molecule has 0 amide bonds. The summed E-state index contributed by atoms with van der Waals surface area (Å²) in [6, 6.07) is 5.83. The molecule has 0 unspecified atom stereocenters. The maximum absolute atomic E-state index is 5.84. The SMILES string of the molecule is C.COC[C@H]1CN(C)c2c(OC)cccc2O1.